The van der Waals surface area contributed by atoms with Crippen LogP contribution in [0.15, 0.2) is 36.4 Å². The molecule has 0 unspecified atom stereocenters. The van der Waals surface area contributed by atoms with E-state index in [4.69, 9.17) is 32.7 Å². The van der Waals surface area contributed by atoms with Crippen molar-refractivity contribution in [3.05, 3.63) is 57.6 Å². The summed E-state index contributed by atoms with van der Waals surface area (Å²) in [6.07, 6.45) is 0. The van der Waals surface area contributed by atoms with Gasteiger partial charge in [0.1, 0.15) is 0 Å². The molecule has 114 valence electrons. The van der Waals surface area contributed by atoms with Gasteiger partial charge in [-0.05, 0) is 29.8 Å². The predicted molar refractivity (Wildman–Crippen MR) is 84.8 cm³/mol. The number of benzene rings is 2. The molecule has 2 aromatic carbocycles. The molecule has 4 nitrogen and oxygen atoms in total. The SMILES string of the molecule is CN(Cc1ccc(Cl)cc1)C(=O)c1cc(Cl)c2c(c1)OCO2. The van der Waals surface area contributed by atoms with Crippen LogP contribution >= 0.6 is 23.2 Å². The number of rotatable bonds is 3. The lowest BCUT2D eigenvalue weighted by Gasteiger charge is -2.18. The van der Waals surface area contributed by atoms with E-state index in [-0.39, 0.29) is 12.7 Å². The van der Waals surface area contributed by atoms with Crippen molar-refractivity contribution in [2.45, 2.75) is 6.54 Å². The van der Waals surface area contributed by atoms with Crippen LogP contribution in [0.2, 0.25) is 10.0 Å². The lowest BCUT2D eigenvalue weighted by atomic mass is 10.1. The highest BCUT2D eigenvalue weighted by molar-refractivity contribution is 6.32. The zero-order valence-electron chi connectivity index (χ0n) is 11.8. The van der Waals surface area contributed by atoms with E-state index < -0.39 is 0 Å². The van der Waals surface area contributed by atoms with Crippen LogP contribution in [0.25, 0.3) is 0 Å². The standard InChI is InChI=1S/C16H13Cl2NO3/c1-19(8-10-2-4-12(17)5-3-10)16(20)11-6-13(18)15-14(7-11)21-9-22-15/h2-7H,8-9H2,1H3. The molecule has 1 heterocycles. The van der Waals surface area contributed by atoms with Gasteiger partial charge < -0.3 is 14.4 Å². The number of carbonyl (C=O) groups excluding carboxylic acids is 1. The Morgan fingerprint density at radius 1 is 1.18 bits per heavy atom. The summed E-state index contributed by atoms with van der Waals surface area (Å²) in [5, 5.41) is 1.04. The Morgan fingerprint density at radius 2 is 1.91 bits per heavy atom. The van der Waals surface area contributed by atoms with Crippen molar-refractivity contribution < 1.29 is 14.3 Å². The number of ether oxygens (including phenoxy) is 2. The third-order valence-corrected chi connectivity index (χ3v) is 3.89. The van der Waals surface area contributed by atoms with Crippen molar-refractivity contribution >= 4 is 29.1 Å². The van der Waals surface area contributed by atoms with E-state index in [1.54, 1.807) is 36.2 Å². The smallest absolute Gasteiger partial charge is 0.254 e. The zero-order valence-corrected chi connectivity index (χ0v) is 13.3. The second-order valence-electron chi connectivity index (χ2n) is 4.98. The van der Waals surface area contributed by atoms with Gasteiger partial charge in [0.2, 0.25) is 6.79 Å². The number of nitrogens with zero attached hydrogens (tertiary/aromatic N) is 1. The van der Waals surface area contributed by atoms with Crippen LogP contribution in [-0.4, -0.2) is 24.6 Å². The van der Waals surface area contributed by atoms with E-state index in [1.165, 1.54) is 0 Å². The Bertz CT molecular complexity index is 716. The molecular weight excluding hydrogens is 325 g/mol. The van der Waals surface area contributed by atoms with E-state index in [1.807, 2.05) is 12.1 Å². The van der Waals surface area contributed by atoms with Crippen LogP contribution in [0.4, 0.5) is 0 Å². The summed E-state index contributed by atoms with van der Waals surface area (Å²) in [5.41, 5.74) is 1.46. The van der Waals surface area contributed by atoms with Crippen LogP contribution in [0.1, 0.15) is 15.9 Å². The van der Waals surface area contributed by atoms with Gasteiger partial charge in [0.15, 0.2) is 11.5 Å². The molecule has 0 radical (unpaired) electrons. The fourth-order valence-electron chi connectivity index (χ4n) is 2.25. The summed E-state index contributed by atoms with van der Waals surface area (Å²) < 4.78 is 10.5. The molecule has 0 atom stereocenters. The van der Waals surface area contributed by atoms with E-state index >= 15 is 0 Å². The first-order valence-corrected chi connectivity index (χ1v) is 7.39. The van der Waals surface area contributed by atoms with Gasteiger partial charge in [-0.2, -0.15) is 0 Å². The molecule has 0 spiro atoms. The van der Waals surface area contributed by atoms with E-state index in [0.717, 1.165) is 5.56 Å². The molecule has 22 heavy (non-hydrogen) atoms. The second kappa shape index (κ2) is 6.07. The van der Waals surface area contributed by atoms with Gasteiger partial charge in [-0.15, -0.1) is 0 Å². The van der Waals surface area contributed by atoms with Crippen LogP contribution in [0.5, 0.6) is 11.5 Å². The molecule has 0 fully saturated rings. The number of hydrogen-bond acceptors (Lipinski definition) is 3. The van der Waals surface area contributed by atoms with Gasteiger partial charge in [0, 0.05) is 24.2 Å². The van der Waals surface area contributed by atoms with Crippen LogP contribution in [-0.2, 0) is 6.54 Å². The van der Waals surface area contributed by atoms with Crippen LogP contribution < -0.4 is 9.47 Å². The number of halogens is 2. The molecule has 1 aliphatic heterocycles. The molecule has 1 amide bonds. The van der Waals surface area contributed by atoms with Crippen molar-refractivity contribution in [3.8, 4) is 11.5 Å². The molecule has 0 N–H and O–H groups in total. The Morgan fingerprint density at radius 3 is 2.64 bits per heavy atom. The first kappa shape index (κ1) is 15.0. The zero-order chi connectivity index (χ0) is 15.7. The largest absolute Gasteiger partial charge is 0.454 e. The van der Waals surface area contributed by atoms with Gasteiger partial charge in [0.05, 0.1) is 5.02 Å². The average Bonchev–Trinajstić information content (AvgIpc) is 2.97. The molecular formula is C16H13Cl2NO3. The van der Waals surface area contributed by atoms with Gasteiger partial charge in [0.25, 0.3) is 5.91 Å². The first-order chi connectivity index (χ1) is 10.5. The summed E-state index contributed by atoms with van der Waals surface area (Å²) in [6, 6.07) is 10.6. The maximum Gasteiger partial charge on any atom is 0.254 e. The second-order valence-corrected chi connectivity index (χ2v) is 5.82. The third-order valence-electron chi connectivity index (χ3n) is 3.35. The van der Waals surface area contributed by atoms with Gasteiger partial charge in [-0.1, -0.05) is 35.3 Å². The maximum absolute atomic E-state index is 12.5. The quantitative estimate of drug-likeness (QED) is 0.849. The molecule has 6 heteroatoms. The summed E-state index contributed by atoms with van der Waals surface area (Å²) in [6.45, 7) is 0.593. The van der Waals surface area contributed by atoms with Gasteiger partial charge >= 0.3 is 0 Å². The van der Waals surface area contributed by atoms with Crippen LogP contribution in [0, 0.1) is 0 Å². The normalized spacial score (nSPS) is 12.3. The Balaban J connectivity index is 1.78. The molecule has 0 aliphatic carbocycles. The fourth-order valence-corrected chi connectivity index (χ4v) is 2.64. The minimum absolute atomic E-state index is 0.118. The fraction of sp³-hybridized carbons (Fsp3) is 0.188. The molecule has 1 aliphatic rings. The Kier molecular flexibility index (Phi) is 4.14. The van der Waals surface area contributed by atoms with Gasteiger partial charge in [-0.25, -0.2) is 0 Å². The first-order valence-electron chi connectivity index (χ1n) is 6.63. The predicted octanol–water partition coefficient (Wildman–Crippen LogP) is 3.99. The molecule has 0 saturated heterocycles. The lowest BCUT2D eigenvalue weighted by molar-refractivity contribution is 0.0784. The third kappa shape index (κ3) is 2.98. The van der Waals surface area contributed by atoms with Crippen LogP contribution in [0.3, 0.4) is 0 Å². The van der Waals surface area contributed by atoms with Crippen molar-refractivity contribution in [1.82, 2.24) is 4.90 Å². The molecule has 2 aromatic rings. The molecule has 0 bridgehead atoms. The van der Waals surface area contributed by atoms with E-state index in [9.17, 15) is 4.79 Å². The molecule has 3 rings (SSSR count). The summed E-state index contributed by atoms with van der Waals surface area (Å²) in [7, 11) is 1.73. The Labute approximate surface area is 138 Å². The minimum atomic E-state index is -0.143. The highest BCUT2D eigenvalue weighted by Crippen LogP contribution is 2.40. The number of carbonyl (C=O) groups is 1. The van der Waals surface area contributed by atoms with Crippen molar-refractivity contribution in [1.29, 1.82) is 0 Å². The highest BCUT2D eigenvalue weighted by Gasteiger charge is 2.22. The maximum atomic E-state index is 12.5. The summed E-state index contributed by atoms with van der Waals surface area (Å²) >= 11 is 12.0. The Hall–Kier alpha value is -1.91. The summed E-state index contributed by atoms with van der Waals surface area (Å²) in [5.74, 6) is 0.837. The topological polar surface area (TPSA) is 38.8 Å². The van der Waals surface area contributed by atoms with E-state index in [2.05, 4.69) is 0 Å². The minimum Gasteiger partial charge on any atom is -0.454 e. The van der Waals surface area contributed by atoms with Crippen molar-refractivity contribution in [2.24, 2.45) is 0 Å². The highest BCUT2D eigenvalue weighted by atomic mass is 35.5. The monoisotopic (exact) mass is 337 g/mol. The van der Waals surface area contributed by atoms with E-state index in [0.29, 0.717) is 33.7 Å². The number of fused-ring (bicyclic) bond motifs is 1. The lowest BCUT2D eigenvalue weighted by Crippen LogP contribution is -2.26. The number of hydrogen-bond donors (Lipinski definition) is 0. The average molecular weight is 338 g/mol. The van der Waals surface area contributed by atoms with Crippen molar-refractivity contribution in [2.75, 3.05) is 13.8 Å². The number of amides is 1. The van der Waals surface area contributed by atoms with Gasteiger partial charge in [-0.3, -0.25) is 4.79 Å². The molecule has 0 aromatic heterocycles. The summed E-state index contributed by atoms with van der Waals surface area (Å²) in [4.78, 5) is 14.1. The molecule has 0 saturated carbocycles. The van der Waals surface area contributed by atoms with Crippen molar-refractivity contribution in [3.63, 3.8) is 0 Å².